The highest BCUT2D eigenvalue weighted by molar-refractivity contribution is 5.87. The predicted octanol–water partition coefficient (Wildman–Crippen LogP) is 2.87. The highest BCUT2D eigenvalue weighted by Crippen LogP contribution is 2.17. The molecule has 0 aliphatic rings. The number of carboxylic acid groups (broad SMARTS) is 1. The second-order valence-electron chi connectivity index (χ2n) is 4.53. The van der Waals surface area contributed by atoms with E-state index < -0.39 is 5.97 Å². The van der Waals surface area contributed by atoms with E-state index in [9.17, 15) is 4.79 Å². The average Bonchev–Trinajstić information content (AvgIpc) is 2.93. The Bertz CT molecular complexity index is 747. The zero-order valence-electron chi connectivity index (χ0n) is 10.6. The standard InChI is InChI=1S/C15H13N3O2/c19-15(20)11-3-1-10(2-4-11)8-16-13-6-5-12-9-17-18-14(12)7-13/h1-7,9,16H,8H2,(H,17,18)(H,19,20). The van der Waals surface area contributed by atoms with E-state index in [1.165, 1.54) is 0 Å². The molecule has 0 fully saturated rings. The van der Waals surface area contributed by atoms with E-state index in [0.717, 1.165) is 22.2 Å². The van der Waals surface area contributed by atoms with E-state index >= 15 is 0 Å². The molecule has 3 aromatic rings. The van der Waals surface area contributed by atoms with Crippen LogP contribution in [0.4, 0.5) is 5.69 Å². The van der Waals surface area contributed by atoms with Crippen molar-refractivity contribution in [3.63, 3.8) is 0 Å². The fraction of sp³-hybridized carbons (Fsp3) is 0.0667. The molecule has 20 heavy (non-hydrogen) atoms. The van der Waals surface area contributed by atoms with Gasteiger partial charge < -0.3 is 10.4 Å². The van der Waals surface area contributed by atoms with Crippen LogP contribution in [0.15, 0.2) is 48.7 Å². The molecular formula is C15H13N3O2. The van der Waals surface area contributed by atoms with Crippen LogP contribution in [0.3, 0.4) is 0 Å². The topological polar surface area (TPSA) is 78.0 Å². The van der Waals surface area contributed by atoms with E-state index in [1.807, 2.05) is 30.3 Å². The van der Waals surface area contributed by atoms with Gasteiger partial charge in [0.15, 0.2) is 0 Å². The molecule has 3 rings (SSSR count). The monoisotopic (exact) mass is 267 g/mol. The molecule has 0 radical (unpaired) electrons. The Kier molecular flexibility index (Phi) is 3.09. The molecule has 0 amide bonds. The molecule has 1 aromatic heterocycles. The number of nitrogens with one attached hydrogen (secondary N) is 2. The van der Waals surface area contributed by atoms with Gasteiger partial charge in [0.1, 0.15) is 0 Å². The first kappa shape index (κ1) is 12.2. The third-order valence-corrected chi connectivity index (χ3v) is 3.14. The number of carboxylic acids is 1. The lowest BCUT2D eigenvalue weighted by molar-refractivity contribution is 0.0697. The molecule has 0 spiro atoms. The molecule has 5 heteroatoms. The minimum atomic E-state index is -0.908. The number of H-pyrrole nitrogens is 1. The van der Waals surface area contributed by atoms with E-state index in [0.29, 0.717) is 12.1 Å². The van der Waals surface area contributed by atoms with Crippen molar-refractivity contribution in [2.45, 2.75) is 6.54 Å². The number of hydrogen-bond acceptors (Lipinski definition) is 3. The number of aromatic carboxylic acids is 1. The van der Waals surface area contributed by atoms with E-state index in [2.05, 4.69) is 15.5 Å². The van der Waals surface area contributed by atoms with E-state index in [-0.39, 0.29) is 0 Å². The van der Waals surface area contributed by atoms with Crippen molar-refractivity contribution in [3.8, 4) is 0 Å². The lowest BCUT2D eigenvalue weighted by Crippen LogP contribution is -2.01. The van der Waals surface area contributed by atoms with Crippen molar-refractivity contribution in [3.05, 3.63) is 59.8 Å². The Morgan fingerprint density at radius 3 is 2.75 bits per heavy atom. The second-order valence-corrected chi connectivity index (χ2v) is 4.53. The maximum atomic E-state index is 10.8. The van der Waals surface area contributed by atoms with Crippen LogP contribution in [0.2, 0.25) is 0 Å². The zero-order chi connectivity index (χ0) is 13.9. The Balaban J connectivity index is 1.70. The Morgan fingerprint density at radius 1 is 1.20 bits per heavy atom. The van der Waals surface area contributed by atoms with Gasteiger partial charge in [0.05, 0.1) is 17.3 Å². The lowest BCUT2D eigenvalue weighted by atomic mass is 10.1. The van der Waals surface area contributed by atoms with Crippen molar-refractivity contribution in [2.24, 2.45) is 0 Å². The number of fused-ring (bicyclic) bond motifs is 1. The van der Waals surface area contributed by atoms with Crippen LogP contribution in [0.1, 0.15) is 15.9 Å². The van der Waals surface area contributed by atoms with Crippen LogP contribution in [0.5, 0.6) is 0 Å². The number of hydrogen-bond donors (Lipinski definition) is 3. The van der Waals surface area contributed by atoms with Gasteiger partial charge in [-0.1, -0.05) is 12.1 Å². The van der Waals surface area contributed by atoms with Gasteiger partial charge in [-0.05, 0) is 35.9 Å². The zero-order valence-corrected chi connectivity index (χ0v) is 10.6. The summed E-state index contributed by atoms with van der Waals surface area (Å²) in [6, 6.07) is 12.8. The van der Waals surface area contributed by atoms with Gasteiger partial charge in [-0.15, -0.1) is 0 Å². The summed E-state index contributed by atoms with van der Waals surface area (Å²) in [6.45, 7) is 0.638. The quantitative estimate of drug-likeness (QED) is 0.679. The SMILES string of the molecule is O=C(O)c1ccc(CNc2ccc3cn[nH]c3c2)cc1. The molecule has 1 heterocycles. The highest BCUT2D eigenvalue weighted by atomic mass is 16.4. The first-order valence-corrected chi connectivity index (χ1v) is 6.21. The number of nitrogens with zero attached hydrogens (tertiary/aromatic N) is 1. The Morgan fingerprint density at radius 2 is 2.00 bits per heavy atom. The van der Waals surface area contributed by atoms with Crippen LogP contribution < -0.4 is 5.32 Å². The van der Waals surface area contributed by atoms with Crippen LogP contribution in [-0.2, 0) is 6.54 Å². The normalized spacial score (nSPS) is 10.6. The van der Waals surface area contributed by atoms with Gasteiger partial charge in [0.2, 0.25) is 0 Å². The summed E-state index contributed by atoms with van der Waals surface area (Å²) in [5.74, 6) is -0.908. The molecule has 0 unspecified atom stereocenters. The number of rotatable bonds is 4. The Hall–Kier alpha value is -2.82. The third kappa shape index (κ3) is 2.47. The van der Waals surface area contributed by atoms with Gasteiger partial charge in [0.25, 0.3) is 0 Å². The van der Waals surface area contributed by atoms with Crippen LogP contribution in [0.25, 0.3) is 10.9 Å². The van der Waals surface area contributed by atoms with Gasteiger partial charge in [-0.25, -0.2) is 4.79 Å². The van der Waals surface area contributed by atoms with Crippen molar-refractivity contribution in [1.29, 1.82) is 0 Å². The molecule has 0 aliphatic heterocycles. The van der Waals surface area contributed by atoms with Crippen LogP contribution >= 0.6 is 0 Å². The summed E-state index contributed by atoms with van der Waals surface area (Å²) in [6.07, 6.45) is 1.78. The molecular weight excluding hydrogens is 254 g/mol. The molecule has 0 bridgehead atoms. The summed E-state index contributed by atoms with van der Waals surface area (Å²) in [4.78, 5) is 10.8. The fourth-order valence-corrected chi connectivity index (χ4v) is 2.02. The largest absolute Gasteiger partial charge is 0.478 e. The summed E-state index contributed by atoms with van der Waals surface area (Å²) >= 11 is 0. The lowest BCUT2D eigenvalue weighted by Gasteiger charge is -2.07. The minimum absolute atomic E-state index is 0.299. The molecule has 100 valence electrons. The van der Waals surface area contributed by atoms with Gasteiger partial charge in [0, 0.05) is 17.6 Å². The number of aromatic nitrogens is 2. The van der Waals surface area contributed by atoms with Crippen molar-refractivity contribution in [2.75, 3.05) is 5.32 Å². The molecule has 0 saturated carbocycles. The van der Waals surface area contributed by atoms with Gasteiger partial charge in [-0.3, -0.25) is 5.10 Å². The molecule has 0 aliphatic carbocycles. The fourth-order valence-electron chi connectivity index (χ4n) is 2.02. The Labute approximate surface area is 115 Å². The minimum Gasteiger partial charge on any atom is -0.478 e. The maximum absolute atomic E-state index is 10.8. The maximum Gasteiger partial charge on any atom is 0.335 e. The first-order valence-electron chi connectivity index (χ1n) is 6.21. The summed E-state index contributed by atoms with van der Waals surface area (Å²) in [5, 5.41) is 20.1. The molecule has 0 atom stereocenters. The number of anilines is 1. The summed E-state index contributed by atoms with van der Waals surface area (Å²) < 4.78 is 0. The number of aromatic amines is 1. The molecule has 5 nitrogen and oxygen atoms in total. The van der Waals surface area contributed by atoms with Crippen molar-refractivity contribution in [1.82, 2.24) is 10.2 Å². The van der Waals surface area contributed by atoms with Crippen molar-refractivity contribution < 1.29 is 9.90 Å². The van der Waals surface area contributed by atoms with Gasteiger partial charge in [-0.2, -0.15) is 5.10 Å². The predicted molar refractivity (Wildman–Crippen MR) is 76.8 cm³/mol. The molecule has 2 aromatic carbocycles. The molecule has 3 N–H and O–H groups in total. The smallest absolute Gasteiger partial charge is 0.335 e. The number of benzene rings is 2. The van der Waals surface area contributed by atoms with Crippen LogP contribution in [-0.4, -0.2) is 21.3 Å². The van der Waals surface area contributed by atoms with E-state index in [1.54, 1.807) is 18.3 Å². The highest BCUT2D eigenvalue weighted by Gasteiger charge is 2.02. The van der Waals surface area contributed by atoms with Gasteiger partial charge >= 0.3 is 5.97 Å². The van der Waals surface area contributed by atoms with E-state index in [4.69, 9.17) is 5.11 Å². The third-order valence-electron chi connectivity index (χ3n) is 3.14. The first-order chi connectivity index (χ1) is 9.72. The summed E-state index contributed by atoms with van der Waals surface area (Å²) in [7, 11) is 0. The summed E-state index contributed by atoms with van der Waals surface area (Å²) in [5.41, 5.74) is 3.30. The van der Waals surface area contributed by atoms with Crippen LogP contribution in [0, 0.1) is 0 Å². The number of carbonyl (C=O) groups is 1. The van der Waals surface area contributed by atoms with Crippen molar-refractivity contribution >= 4 is 22.6 Å². The molecule has 0 saturated heterocycles. The second kappa shape index (κ2) is 5.05. The average molecular weight is 267 g/mol.